The van der Waals surface area contributed by atoms with Crippen molar-refractivity contribution in [2.45, 2.75) is 49.4 Å². The summed E-state index contributed by atoms with van der Waals surface area (Å²) in [7, 11) is -6.44. The van der Waals surface area contributed by atoms with Gasteiger partial charge in [0, 0.05) is 0 Å². The Morgan fingerprint density at radius 3 is 2.12 bits per heavy atom. The van der Waals surface area contributed by atoms with E-state index in [1.807, 2.05) is 0 Å². The third-order valence-electron chi connectivity index (χ3n) is 5.56. The molecule has 1 N–H and O–H groups in total. The van der Waals surface area contributed by atoms with Gasteiger partial charge in [-0.15, -0.1) is 0 Å². The summed E-state index contributed by atoms with van der Waals surface area (Å²) in [5.41, 5.74) is -1.71. The first-order valence-corrected chi connectivity index (χ1v) is 9.64. The Kier molecular flexibility index (Phi) is 4.54. The van der Waals surface area contributed by atoms with Crippen molar-refractivity contribution < 1.29 is 45.3 Å². The molecule has 11 heteroatoms. The minimum atomic E-state index is -6.44. The van der Waals surface area contributed by atoms with Gasteiger partial charge in [-0.2, -0.15) is 17.2 Å². The second-order valence-electron chi connectivity index (χ2n) is 7.69. The fourth-order valence-electron chi connectivity index (χ4n) is 5.06. The van der Waals surface area contributed by atoms with Crippen molar-refractivity contribution in [3.8, 4) is 0 Å². The number of hydrogen-bond acceptors (Lipinski definition) is 7. The molecule has 0 amide bonds. The number of alkyl halides is 2. The summed E-state index contributed by atoms with van der Waals surface area (Å²) in [6.45, 7) is -1.40. The van der Waals surface area contributed by atoms with Crippen LogP contribution in [0.15, 0.2) is 0 Å². The van der Waals surface area contributed by atoms with Crippen molar-refractivity contribution in [2.24, 2.45) is 17.3 Å². The van der Waals surface area contributed by atoms with Gasteiger partial charge in [0.2, 0.25) is 0 Å². The average Bonchev–Trinajstić information content (AvgIpc) is 2.47. The first-order valence-electron chi connectivity index (χ1n) is 8.26. The molecule has 4 aliphatic carbocycles. The zero-order chi connectivity index (χ0) is 19.4. The topological polar surface area (TPSA) is 107 Å². The number of halogens is 3. The number of aliphatic hydroxyl groups is 1. The zero-order valence-electron chi connectivity index (χ0n) is 13.8. The molecule has 0 saturated heterocycles. The standard InChI is InChI=1S/C15H19F3O7S/c16-15(17,26(18,22)23)12(20)25-2-1-24-11(19)13-4-9-3-10(5-13)7-14(21,6-9)8-13/h9-10,21H,1-8H2. The van der Waals surface area contributed by atoms with Crippen LogP contribution in [0, 0.1) is 17.3 Å². The van der Waals surface area contributed by atoms with Gasteiger partial charge in [-0.3, -0.25) is 4.79 Å². The highest BCUT2D eigenvalue weighted by Crippen LogP contribution is 2.61. The van der Waals surface area contributed by atoms with Crippen LogP contribution in [0.1, 0.15) is 38.5 Å². The number of hydrogen-bond donors (Lipinski definition) is 1. The summed E-state index contributed by atoms with van der Waals surface area (Å²) >= 11 is 0. The van der Waals surface area contributed by atoms with Crippen molar-refractivity contribution >= 4 is 22.2 Å². The first kappa shape index (κ1) is 19.4. The van der Waals surface area contributed by atoms with E-state index in [2.05, 4.69) is 4.74 Å². The lowest BCUT2D eigenvalue weighted by molar-refractivity contribution is -0.197. The number of ether oxygens (including phenoxy) is 2. The molecular formula is C15H19F3O7S. The second-order valence-corrected chi connectivity index (χ2v) is 9.08. The molecule has 4 bridgehead atoms. The first-order chi connectivity index (χ1) is 11.9. The molecule has 0 aromatic carbocycles. The highest BCUT2D eigenvalue weighted by molar-refractivity contribution is 7.88. The summed E-state index contributed by atoms with van der Waals surface area (Å²) in [6, 6.07) is 0. The molecule has 2 atom stereocenters. The van der Waals surface area contributed by atoms with E-state index in [4.69, 9.17) is 4.74 Å². The third kappa shape index (κ3) is 3.30. The maximum absolute atomic E-state index is 12.9. The number of rotatable bonds is 6. The smallest absolute Gasteiger partial charge is 0.462 e. The summed E-state index contributed by atoms with van der Waals surface area (Å²) in [4.78, 5) is 23.4. The van der Waals surface area contributed by atoms with Crippen molar-refractivity contribution in [1.82, 2.24) is 0 Å². The van der Waals surface area contributed by atoms with Gasteiger partial charge >= 0.3 is 27.4 Å². The molecule has 4 fully saturated rings. The Balaban J connectivity index is 1.52. The normalized spacial score (nSPS) is 36.0. The van der Waals surface area contributed by atoms with Crippen molar-refractivity contribution in [2.75, 3.05) is 13.2 Å². The van der Waals surface area contributed by atoms with Gasteiger partial charge < -0.3 is 14.6 Å². The Bertz CT molecular complexity index is 707. The van der Waals surface area contributed by atoms with Gasteiger partial charge in [-0.25, -0.2) is 4.79 Å². The van der Waals surface area contributed by atoms with E-state index in [1.165, 1.54) is 0 Å². The van der Waals surface area contributed by atoms with Crippen LogP contribution < -0.4 is 0 Å². The Labute approximate surface area is 148 Å². The molecule has 148 valence electrons. The molecule has 0 aromatic heterocycles. The van der Waals surface area contributed by atoms with Crippen molar-refractivity contribution in [3.05, 3.63) is 0 Å². The zero-order valence-corrected chi connectivity index (χ0v) is 14.6. The van der Waals surface area contributed by atoms with Gasteiger partial charge in [0.15, 0.2) is 0 Å². The van der Waals surface area contributed by atoms with Gasteiger partial charge in [0.05, 0.1) is 11.0 Å². The monoisotopic (exact) mass is 400 g/mol. The van der Waals surface area contributed by atoms with Gasteiger partial charge in [0.1, 0.15) is 13.2 Å². The maximum Gasteiger partial charge on any atom is 0.470 e. The predicted octanol–water partition coefficient (Wildman–Crippen LogP) is 1.30. The SMILES string of the molecule is O=C(OCCOC(=O)C(F)(F)S(=O)(=O)F)C12CC3CC(CC(O)(C3)C1)C2. The lowest BCUT2D eigenvalue weighted by Gasteiger charge is -2.58. The molecule has 4 aliphatic rings. The van der Waals surface area contributed by atoms with Crippen LogP contribution in [0.2, 0.25) is 0 Å². The van der Waals surface area contributed by atoms with Crippen molar-refractivity contribution in [1.29, 1.82) is 0 Å². The highest BCUT2D eigenvalue weighted by atomic mass is 32.3. The minimum Gasteiger partial charge on any atom is -0.462 e. The van der Waals surface area contributed by atoms with Gasteiger partial charge in [0.25, 0.3) is 0 Å². The highest BCUT2D eigenvalue weighted by Gasteiger charge is 2.61. The van der Waals surface area contributed by atoms with Crippen LogP contribution in [0.4, 0.5) is 12.7 Å². The summed E-state index contributed by atoms with van der Waals surface area (Å²) in [6.07, 6.45) is 3.72. The van der Waals surface area contributed by atoms with E-state index in [-0.39, 0.29) is 18.3 Å². The summed E-state index contributed by atoms with van der Waals surface area (Å²) < 4.78 is 67.5. The summed E-state index contributed by atoms with van der Waals surface area (Å²) in [5.74, 6) is -2.69. The Morgan fingerprint density at radius 1 is 1.08 bits per heavy atom. The Hall–Kier alpha value is -1.36. The van der Waals surface area contributed by atoms with E-state index >= 15 is 0 Å². The quantitative estimate of drug-likeness (QED) is 0.407. The maximum atomic E-state index is 12.9. The third-order valence-corrected chi connectivity index (χ3v) is 6.34. The minimum absolute atomic E-state index is 0.236. The molecule has 0 heterocycles. The van der Waals surface area contributed by atoms with Crippen LogP contribution in [0.25, 0.3) is 0 Å². The molecule has 0 aliphatic heterocycles. The van der Waals surface area contributed by atoms with Crippen LogP contribution in [0.3, 0.4) is 0 Å². The fourth-order valence-corrected chi connectivity index (χ4v) is 5.32. The number of esters is 2. The van der Waals surface area contributed by atoms with E-state index in [0.29, 0.717) is 25.7 Å². The van der Waals surface area contributed by atoms with Crippen molar-refractivity contribution in [3.63, 3.8) is 0 Å². The molecule has 0 radical (unpaired) electrons. The van der Waals surface area contributed by atoms with E-state index in [9.17, 15) is 35.8 Å². The molecule has 0 spiro atoms. The van der Waals surface area contributed by atoms with Crippen LogP contribution in [0.5, 0.6) is 0 Å². The van der Waals surface area contributed by atoms with E-state index in [0.717, 1.165) is 6.42 Å². The molecule has 26 heavy (non-hydrogen) atoms. The number of carbonyl (C=O) groups excluding carboxylic acids is 2. The van der Waals surface area contributed by atoms with Gasteiger partial charge in [-0.1, -0.05) is 3.89 Å². The summed E-state index contributed by atoms with van der Waals surface area (Å²) in [5, 5.41) is 5.27. The van der Waals surface area contributed by atoms with Crippen LogP contribution >= 0.6 is 0 Å². The van der Waals surface area contributed by atoms with E-state index in [1.54, 1.807) is 0 Å². The fraction of sp³-hybridized carbons (Fsp3) is 0.867. The Morgan fingerprint density at radius 2 is 1.62 bits per heavy atom. The molecule has 0 aromatic rings. The molecule has 4 rings (SSSR count). The lowest BCUT2D eigenvalue weighted by atomic mass is 9.48. The largest absolute Gasteiger partial charge is 0.470 e. The molecular weight excluding hydrogens is 381 g/mol. The molecule has 2 unspecified atom stereocenters. The molecule has 4 saturated carbocycles. The number of carbonyl (C=O) groups is 2. The predicted molar refractivity (Wildman–Crippen MR) is 79.0 cm³/mol. The van der Waals surface area contributed by atoms with E-state index < -0.39 is 51.6 Å². The molecule has 7 nitrogen and oxygen atoms in total. The van der Waals surface area contributed by atoms with Gasteiger partial charge in [-0.05, 0) is 50.4 Å². The van der Waals surface area contributed by atoms with Crippen LogP contribution in [-0.2, 0) is 29.3 Å². The van der Waals surface area contributed by atoms with Crippen LogP contribution in [-0.4, -0.2) is 49.5 Å². The lowest BCUT2D eigenvalue weighted by Crippen LogP contribution is -2.58. The second kappa shape index (κ2) is 6.08. The average molecular weight is 400 g/mol.